The van der Waals surface area contributed by atoms with Crippen molar-refractivity contribution >= 4 is 23.2 Å². The number of ether oxygens (including phenoxy) is 1. The molecule has 0 unspecified atom stereocenters. The highest BCUT2D eigenvalue weighted by Crippen LogP contribution is 2.32. The van der Waals surface area contributed by atoms with E-state index >= 15 is 0 Å². The average molecular weight is 411 g/mol. The zero-order valence-electron chi connectivity index (χ0n) is 16.8. The highest BCUT2D eigenvalue weighted by atomic mass is 35.5. The Hall–Kier alpha value is -2.56. The third kappa shape index (κ3) is 5.72. The monoisotopic (exact) mass is 410 g/mol. The van der Waals surface area contributed by atoms with Gasteiger partial charge in [-0.05, 0) is 61.9 Å². The van der Waals surface area contributed by atoms with Gasteiger partial charge >= 0.3 is 0 Å². The van der Waals surface area contributed by atoms with Gasteiger partial charge in [-0.3, -0.25) is 9.69 Å². The van der Waals surface area contributed by atoms with E-state index in [2.05, 4.69) is 17.6 Å². The Kier molecular flexibility index (Phi) is 7.50. The first-order valence-electron chi connectivity index (χ1n) is 9.86. The van der Waals surface area contributed by atoms with Crippen molar-refractivity contribution in [1.82, 2.24) is 4.90 Å². The Bertz CT molecular complexity index is 894. The molecule has 4 nitrogen and oxygen atoms in total. The minimum atomic E-state index is -0.0197. The molecule has 0 bridgehead atoms. The molecule has 0 aliphatic carbocycles. The summed E-state index contributed by atoms with van der Waals surface area (Å²) in [5.41, 5.74) is 2.70. The predicted octanol–water partition coefficient (Wildman–Crippen LogP) is 4.99. The normalized spacial score (nSPS) is 13.6. The van der Waals surface area contributed by atoms with Crippen LogP contribution in [0.1, 0.15) is 22.3 Å². The summed E-state index contributed by atoms with van der Waals surface area (Å²) in [5.74, 6) is 0.804. The number of fused-ring (bicyclic) bond motifs is 1. The summed E-state index contributed by atoms with van der Waals surface area (Å²) in [5, 5.41) is 0.570. The highest BCUT2D eigenvalue weighted by molar-refractivity contribution is 6.31. The van der Waals surface area contributed by atoms with E-state index in [4.69, 9.17) is 16.3 Å². The van der Waals surface area contributed by atoms with E-state index < -0.39 is 0 Å². The maximum absolute atomic E-state index is 13.0. The van der Waals surface area contributed by atoms with Crippen LogP contribution < -0.4 is 9.64 Å². The zero-order valence-corrected chi connectivity index (χ0v) is 17.6. The van der Waals surface area contributed by atoms with Crippen LogP contribution in [0.4, 0.5) is 5.69 Å². The van der Waals surface area contributed by atoms with E-state index in [-0.39, 0.29) is 5.91 Å². The van der Waals surface area contributed by atoms with Crippen LogP contribution in [0.2, 0.25) is 5.02 Å². The smallest absolute Gasteiger partial charge is 0.258 e. The molecule has 3 rings (SSSR count). The second-order valence-corrected chi connectivity index (χ2v) is 7.59. The van der Waals surface area contributed by atoms with Crippen LogP contribution in [0.25, 0.3) is 0 Å². The van der Waals surface area contributed by atoms with Gasteiger partial charge in [0.2, 0.25) is 0 Å². The third-order valence-electron chi connectivity index (χ3n) is 4.86. The molecule has 0 aromatic heterocycles. The summed E-state index contributed by atoms with van der Waals surface area (Å²) >= 11 is 6.05. The molecular weight excluding hydrogens is 384 g/mol. The summed E-state index contributed by atoms with van der Waals surface area (Å²) in [4.78, 5) is 17.0. The Morgan fingerprint density at radius 3 is 2.90 bits per heavy atom. The molecule has 1 amide bonds. The zero-order chi connectivity index (χ0) is 20.6. The number of nitrogens with zero attached hydrogens (tertiary/aromatic N) is 2. The van der Waals surface area contributed by atoms with Crippen LogP contribution in [-0.2, 0) is 6.42 Å². The lowest BCUT2D eigenvalue weighted by atomic mass is 10.0. The minimum Gasteiger partial charge on any atom is -0.490 e. The molecule has 29 heavy (non-hydrogen) atoms. The molecular formula is C24H27ClN2O2. The fraction of sp³-hybridized carbons (Fsp3) is 0.292. The fourth-order valence-electron chi connectivity index (χ4n) is 3.41. The van der Waals surface area contributed by atoms with Crippen molar-refractivity contribution in [1.29, 1.82) is 0 Å². The lowest BCUT2D eigenvalue weighted by molar-refractivity contribution is 0.0985. The number of rotatable bonds is 8. The summed E-state index contributed by atoms with van der Waals surface area (Å²) in [6.07, 6.45) is 7.87. The number of hydrogen-bond acceptors (Lipinski definition) is 3. The molecule has 152 valence electrons. The van der Waals surface area contributed by atoms with Gasteiger partial charge in [0, 0.05) is 35.9 Å². The molecule has 2 aromatic rings. The summed E-state index contributed by atoms with van der Waals surface area (Å²) in [6, 6.07) is 13.1. The van der Waals surface area contributed by atoms with E-state index in [1.807, 2.05) is 42.3 Å². The third-order valence-corrected chi connectivity index (χ3v) is 5.09. The average Bonchev–Trinajstić information content (AvgIpc) is 2.72. The lowest BCUT2D eigenvalue weighted by Gasteiger charge is -2.30. The quantitative estimate of drug-likeness (QED) is 0.575. The van der Waals surface area contributed by atoms with Crippen LogP contribution in [0.3, 0.4) is 0 Å². The van der Waals surface area contributed by atoms with Crippen LogP contribution in [-0.4, -0.2) is 44.1 Å². The molecule has 0 radical (unpaired) electrons. The number of likely N-dealkylation sites (N-methyl/N-ethyl adjacent to an activating group) is 1. The topological polar surface area (TPSA) is 32.8 Å². The summed E-state index contributed by atoms with van der Waals surface area (Å²) < 4.78 is 5.86. The molecule has 2 aromatic carbocycles. The first-order valence-corrected chi connectivity index (χ1v) is 10.2. The number of carbonyl (C=O) groups is 1. The predicted molar refractivity (Wildman–Crippen MR) is 120 cm³/mol. The molecule has 0 saturated heterocycles. The molecule has 0 fully saturated rings. The van der Waals surface area contributed by atoms with Crippen LogP contribution in [0.5, 0.6) is 5.75 Å². The van der Waals surface area contributed by atoms with Crippen molar-refractivity contribution in [3.8, 4) is 5.75 Å². The minimum absolute atomic E-state index is 0.0197. The number of halogens is 1. The van der Waals surface area contributed by atoms with E-state index in [0.717, 1.165) is 42.9 Å². The van der Waals surface area contributed by atoms with Gasteiger partial charge in [0.1, 0.15) is 12.4 Å². The van der Waals surface area contributed by atoms with Gasteiger partial charge in [0.15, 0.2) is 0 Å². The SMILES string of the molecule is C=CCN(C)CC=CCOc1ccc2c(c1)CCCN2C(=O)c1cccc(Cl)c1. The summed E-state index contributed by atoms with van der Waals surface area (Å²) in [7, 11) is 2.05. The van der Waals surface area contributed by atoms with Gasteiger partial charge in [-0.2, -0.15) is 0 Å². The van der Waals surface area contributed by atoms with Crippen molar-refractivity contribution in [2.75, 3.05) is 38.2 Å². The number of amides is 1. The second kappa shape index (κ2) is 10.3. The van der Waals surface area contributed by atoms with E-state index in [0.29, 0.717) is 23.7 Å². The number of benzene rings is 2. The molecule has 0 atom stereocenters. The Morgan fingerprint density at radius 2 is 2.10 bits per heavy atom. The molecule has 1 aliphatic heterocycles. The van der Waals surface area contributed by atoms with E-state index in [1.165, 1.54) is 0 Å². The molecule has 0 spiro atoms. The van der Waals surface area contributed by atoms with Gasteiger partial charge in [-0.1, -0.05) is 35.9 Å². The van der Waals surface area contributed by atoms with Crippen LogP contribution in [0, 0.1) is 0 Å². The van der Waals surface area contributed by atoms with Crippen molar-refractivity contribution in [2.24, 2.45) is 0 Å². The number of carbonyl (C=O) groups excluding carboxylic acids is 1. The van der Waals surface area contributed by atoms with Gasteiger partial charge in [-0.15, -0.1) is 6.58 Å². The first kappa shape index (κ1) is 21.2. The van der Waals surface area contributed by atoms with Crippen molar-refractivity contribution < 1.29 is 9.53 Å². The van der Waals surface area contributed by atoms with Crippen LogP contribution >= 0.6 is 11.6 Å². The number of anilines is 1. The standard InChI is InChI=1S/C24H27ClN2O2/c1-3-13-26(2)14-4-5-16-29-22-11-12-23-19(18-22)9-7-15-27(23)24(28)20-8-6-10-21(25)17-20/h3-6,8,10-12,17-18H,1,7,9,13-16H2,2H3. The lowest BCUT2D eigenvalue weighted by Crippen LogP contribution is -2.35. The number of aryl methyl sites for hydroxylation is 1. The van der Waals surface area contributed by atoms with Crippen molar-refractivity contribution in [2.45, 2.75) is 12.8 Å². The largest absolute Gasteiger partial charge is 0.490 e. The fourth-order valence-corrected chi connectivity index (χ4v) is 3.60. The Morgan fingerprint density at radius 1 is 1.24 bits per heavy atom. The van der Waals surface area contributed by atoms with Gasteiger partial charge in [-0.25, -0.2) is 0 Å². The molecule has 1 heterocycles. The number of hydrogen-bond donors (Lipinski definition) is 0. The van der Waals surface area contributed by atoms with Gasteiger partial charge < -0.3 is 9.64 Å². The Labute approximate surface area is 178 Å². The van der Waals surface area contributed by atoms with Gasteiger partial charge in [0.25, 0.3) is 5.91 Å². The Balaban J connectivity index is 1.64. The molecule has 0 N–H and O–H groups in total. The molecule has 1 aliphatic rings. The van der Waals surface area contributed by atoms with E-state index in [9.17, 15) is 4.79 Å². The van der Waals surface area contributed by atoms with Crippen molar-refractivity contribution in [3.05, 3.63) is 83.4 Å². The van der Waals surface area contributed by atoms with Gasteiger partial charge in [0.05, 0.1) is 0 Å². The first-order chi connectivity index (χ1) is 14.1. The second-order valence-electron chi connectivity index (χ2n) is 7.15. The summed E-state index contributed by atoms with van der Waals surface area (Å²) in [6.45, 7) is 6.69. The van der Waals surface area contributed by atoms with E-state index in [1.54, 1.807) is 24.3 Å². The molecule has 5 heteroatoms. The van der Waals surface area contributed by atoms with Crippen molar-refractivity contribution in [3.63, 3.8) is 0 Å². The maximum atomic E-state index is 13.0. The van der Waals surface area contributed by atoms with Crippen LogP contribution in [0.15, 0.2) is 67.3 Å². The maximum Gasteiger partial charge on any atom is 0.258 e. The highest BCUT2D eigenvalue weighted by Gasteiger charge is 2.24. The molecule has 0 saturated carbocycles.